The van der Waals surface area contributed by atoms with Gasteiger partial charge in [0.15, 0.2) is 0 Å². The molecule has 102 valence electrons. The predicted molar refractivity (Wildman–Crippen MR) is 73.3 cm³/mol. The number of thiophene rings is 1. The number of nitrogens with zero attached hydrogens (tertiary/aromatic N) is 2. The number of carbonyl (C=O) groups excluding carboxylic acids is 2. The van der Waals surface area contributed by atoms with E-state index in [1.165, 1.54) is 17.4 Å². The molecule has 0 aromatic carbocycles. The molecule has 0 atom stereocenters. The topological polar surface area (TPSA) is 84.0 Å². The van der Waals surface area contributed by atoms with E-state index in [0.717, 1.165) is 12.8 Å². The summed E-state index contributed by atoms with van der Waals surface area (Å²) in [5.74, 6) is 0.287. The first-order valence-electron chi connectivity index (χ1n) is 6.21. The molecule has 1 aliphatic carbocycles. The van der Waals surface area contributed by atoms with Crippen molar-refractivity contribution in [2.24, 2.45) is 0 Å². The second kappa shape index (κ2) is 5.38. The number of hydrogen-bond donors (Lipinski definition) is 2. The van der Waals surface area contributed by atoms with Crippen molar-refractivity contribution in [3.8, 4) is 0 Å². The average Bonchev–Trinajstić information content (AvgIpc) is 3.19. The van der Waals surface area contributed by atoms with Gasteiger partial charge in [0.1, 0.15) is 11.5 Å². The maximum absolute atomic E-state index is 11.9. The number of hydrazine groups is 1. The highest BCUT2D eigenvalue weighted by Gasteiger charge is 2.27. The van der Waals surface area contributed by atoms with Crippen molar-refractivity contribution in [1.29, 1.82) is 0 Å². The summed E-state index contributed by atoms with van der Waals surface area (Å²) >= 11 is 1.30. The Morgan fingerprint density at radius 1 is 1.20 bits per heavy atom. The van der Waals surface area contributed by atoms with Crippen LogP contribution in [0.4, 0.5) is 0 Å². The van der Waals surface area contributed by atoms with Crippen LogP contribution in [-0.2, 0) is 0 Å². The molecule has 2 N–H and O–H groups in total. The van der Waals surface area contributed by atoms with E-state index in [4.69, 9.17) is 0 Å². The molecule has 2 aromatic heterocycles. The Balaban J connectivity index is 1.61. The number of aromatic nitrogens is 2. The highest BCUT2D eigenvalue weighted by atomic mass is 32.1. The molecule has 2 amide bonds. The quantitative estimate of drug-likeness (QED) is 0.838. The van der Waals surface area contributed by atoms with E-state index in [2.05, 4.69) is 20.8 Å². The van der Waals surface area contributed by atoms with Crippen molar-refractivity contribution >= 4 is 23.2 Å². The molecule has 0 saturated heterocycles. The Morgan fingerprint density at radius 2 is 2.00 bits per heavy atom. The standard InChI is InChI=1S/C13H12N4O2S/c18-12(16-17-13(19)10-2-1-7-20-10)9-5-6-14-11(15-9)8-3-4-8/h1-2,5-8H,3-4H2,(H,16,18)(H,17,19). The minimum Gasteiger partial charge on any atom is -0.266 e. The summed E-state index contributed by atoms with van der Waals surface area (Å²) in [4.78, 5) is 32.5. The monoisotopic (exact) mass is 288 g/mol. The van der Waals surface area contributed by atoms with E-state index in [-0.39, 0.29) is 11.6 Å². The average molecular weight is 288 g/mol. The van der Waals surface area contributed by atoms with E-state index in [1.54, 1.807) is 23.7 Å². The van der Waals surface area contributed by atoms with E-state index in [0.29, 0.717) is 16.6 Å². The summed E-state index contributed by atoms with van der Waals surface area (Å²) in [5, 5.41) is 1.79. The van der Waals surface area contributed by atoms with Gasteiger partial charge in [0, 0.05) is 12.1 Å². The van der Waals surface area contributed by atoms with Gasteiger partial charge in [-0.3, -0.25) is 20.4 Å². The van der Waals surface area contributed by atoms with Gasteiger partial charge in [-0.25, -0.2) is 9.97 Å². The second-order valence-corrected chi connectivity index (χ2v) is 5.41. The molecule has 1 saturated carbocycles. The van der Waals surface area contributed by atoms with Gasteiger partial charge in [-0.15, -0.1) is 11.3 Å². The predicted octanol–water partition coefficient (Wildman–Crippen LogP) is 1.49. The highest BCUT2D eigenvalue weighted by molar-refractivity contribution is 7.12. The molecule has 0 spiro atoms. The van der Waals surface area contributed by atoms with Crippen LogP contribution in [0.1, 0.15) is 44.7 Å². The number of rotatable bonds is 3. The van der Waals surface area contributed by atoms with Crippen LogP contribution in [0.5, 0.6) is 0 Å². The summed E-state index contributed by atoms with van der Waals surface area (Å²) in [6.07, 6.45) is 3.71. The normalized spacial score (nSPS) is 13.8. The van der Waals surface area contributed by atoms with Crippen molar-refractivity contribution in [2.75, 3.05) is 0 Å². The van der Waals surface area contributed by atoms with Gasteiger partial charge in [0.2, 0.25) is 0 Å². The molecule has 0 unspecified atom stereocenters. The van der Waals surface area contributed by atoms with Crippen LogP contribution in [0.3, 0.4) is 0 Å². The molecule has 20 heavy (non-hydrogen) atoms. The lowest BCUT2D eigenvalue weighted by molar-refractivity contribution is 0.0846. The molecule has 1 aliphatic rings. The third-order valence-corrected chi connectivity index (χ3v) is 3.75. The van der Waals surface area contributed by atoms with Crippen molar-refractivity contribution in [3.05, 3.63) is 46.2 Å². The lowest BCUT2D eigenvalue weighted by Crippen LogP contribution is -2.41. The molecule has 2 aromatic rings. The molecule has 7 heteroatoms. The van der Waals surface area contributed by atoms with Gasteiger partial charge in [0.25, 0.3) is 11.8 Å². The fourth-order valence-corrected chi connectivity index (χ4v) is 2.30. The summed E-state index contributed by atoms with van der Waals surface area (Å²) in [6, 6.07) is 4.98. The lowest BCUT2D eigenvalue weighted by atomic mass is 10.3. The first-order valence-corrected chi connectivity index (χ1v) is 7.09. The van der Waals surface area contributed by atoms with Gasteiger partial charge in [-0.2, -0.15) is 0 Å². The number of carbonyl (C=O) groups is 2. The molecular formula is C13H12N4O2S. The largest absolute Gasteiger partial charge is 0.288 e. The van der Waals surface area contributed by atoms with Crippen LogP contribution in [0.25, 0.3) is 0 Å². The lowest BCUT2D eigenvalue weighted by Gasteiger charge is -2.06. The molecular weight excluding hydrogens is 276 g/mol. The van der Waals surface area contributed by atoms with Crippen molar-refractivity contribution in [1.82, 2.24) is 20.8 Å². The minimum absolute atomic E-state index is 0.258. The third kappa shape index (κ3) is 2.83. The maximum atomic E-state index is 11.9. The van der Waals surface area contributed by atoms with E-state index >= 15 is 0 Å². The SMILES string of the molecule is O=C(NNC(=O)c1cccs1)c1ccnc(C2CC2)n1. The molecule has 1 fully saturated rings. The van der Waals surface area contributed by atoms with Gasteiger partial charge >= 0.3 is 0 Å². The second-order valence-electron chi connectivity index (χ2n) is 4.46. The number of hydrogen-bond acceptors (Lipinski definition) is 5. The Bertz CT molecular complexity index is 638. The van der Waals surface area contributed by atoms with E-state index in [9.17, 15) is 9.59 Å². The Morgan fingerprint density at radius 3 is 2.70 bits per heavy atom. The molecule has 0 bridgehead atoms. The van der Waals surface area contributed by atoms with E-state index in [1.807, 2.05) is 0 Å². The number of nitrogens with one attached hydrogen (secondary N) is 2. The van der Waals surface area contributed by atoms with Gasteiger partial charge in [0.05, 0.1) is 4.88 Å². The Kier molecular flexibility index (Phi) is 3.42. The fraction of sp³-hybridized carbons (Fsp3) is 0.231. The fourth-order valence-electron chi connectivity index (χ4n) is 1.69. The first kappa shape index (κ1) is 12.7. The summed E-state index contributed by atoms with van der Waals surface area (Å²) in [6.45, 7) is 0. The zero-order valence-electron chi connectivity index (χ0n) is 10.5. The van der Waals surface area contributed by atoms with Crippen LogP contribution in [0.15, 0.2) is 29.8 Å². The molecule has 0 radical (unpaired) electrons. The van der Waals surface area contributed by atoms with Crippen LogP contribution in [-0.4, -0.2) is 21.8 Å². The molecule has 6 nitrogen and oxygen atoms in total. The zero-order chi connectivity index (χ0) is 13.9. The zero-order valence-corrected chi connectivity index (χ0v) is 11.3. The summed E-state index contributed by atoms with van der Waals surface area (Å²) in [7, 11) is 0. The van der Waals surface area contributed by atoms with Crippen molar-refractivity contribution < 1.29 is 9.59 Å². The van der Waals surface area contributed by atoms with Crippen LogP contribution >= 0.6 is 11.3 Å². The highest BCUT2D eigenvalue weighted by Crippen LogP contribution is 2.37. The Hall–Kier alpha value is -2.28. The van der Waals surface area contributed by atoms with Crippen LogP contribution < -0.4 is 10.9 Å². The third-order valence-electron chi connectivity index (χ3n) is 2.88. The van der Waals surface area contributed by atoms with Crippen molar-refractivity contribution in [2.45, 2.75) is 18.8 Å². The molecule has 3 rings (SSSR count). The first-order chi connectivity index (χ1) is 9.74. The van der Waals surface area contributed by atoms with Gasteiger partial charge < -0.3 is 0 Å². The maximum Gasteiger partial charge on any atom is 0.288 e. The number of amides is 2. The Labute approximate surface area is 119 Å². The summed E-state index contributed by atoms with van der Waals surface area (Å²) in [5.41, 5.74) is 4.97. The molecule has 2 heterocycles. The molecule has 0 aliphatic heterocycles. The van der Waals surface area contributed by atoms with Crippen LogP contribution in [0, 0.1) is 0 Å². The summed E-state index contributed by atoms with van der Waals surface area (Å²) < 4.78 is 0. The van der Waals surface area contributed by atoms with Gasteiger partial charge in [-0.1, -0.05) is 6.07 Å². The van der Waals surface area contributed by atoms with Gasteiger partial charge in [-0.05, 0) is 30.4 Å². The van der Waals surface area contributed by atoms with E-state index < -0.39 is 5.91 Å². The minimum atomic E-state index is -0.445. The van der Waals surface area contributed by atoms with Crippen molar-refractivity contribution in [3.63, 3.8) is 0 Å². The smallest absolute Gasteiger partial charge is 0.266 e. The van der Waals surface area contributed by atoms with Crippen LogP contribution in [0.2, 0.25) is 0 Å².